The number of hydrogen-bond acceptors (Lipinski definition) is 3. The SMILES string of the molecule is CCC(CC)N(CCO)Cc1ccccc1CC(=O)O. The maximum Gasteiger partial charge on any atom is 0.307 e. The highest BCUT2D eigenvalue weighted by molar-refractivity contribution is 5.70. The predicted molar refractivity (Wildman–Crippen MR) is 79.6 cm³/mol. The van der Waals surface area contributed by atoms with E-state index >= 15 is 0 Å². The molecule has 20 heavy (non-hydrogen) atoms. The van der Waals surface area contributed by atoms with Crippen LogP contribution in [0, 0.1) is 0 Å². The van der Waals surface area contributed by atoms with Crippen LogP contribution in [0.5, 0.6) is 0 Å². The Bertz CT molecular complexity index is 416. The molecular formula is C16H25NO3. The molecule has 0 aliphatic rings. The quantitative estimate of drug-likeness (QED) is 0.728. The van der Waals surface area contributed by atoms with Crippen molar-refractivity contribution < 1.29 is 15.0 Å². The molecule has 0 amide bonds. The molecule has 1 rings (SSSR count). The van der Waals surface area contributed by atoms with Crippen LogP contribution in [0.3, 0.4) is 0 Å². The summed E-state index contributed by atoms with van der Waals surface area (Å²) in [5.74, 6) is -0.811. The molecule has 112 valence electrons. The molecule has 2 N–H and O–H groups in total. The van der Waals surface area contributed by atoms with E-state index in [0.29, 0.717) is 19.1 Å². The molecular weight excluding hydrogens is 254 g/mol. The van der Waals surface area contributed by atoms with Crippen LogP contribution in [0.1, 0.15) is 37.8 Å². The van der Waals surface area contributed by atoms with Crippen LogP contribution in [0.2, 0.25) is 0 Å². The van der Waals surface area contributed by atoms with Gasteiger partial charge in [0.25, 0.3) is 0 Å². The summed E-state index contributed by atoms with van der Waals surface area (Å²) in [6.07, 6.45) is 2.10. The average molecular weight is 279 g/mol. The zero-order valence-electron chi connectivity index (χ0n) is 12.4. The standard InChI is InChI=1S/C16H25NO3/c1-3-15(4-2)17(9-10-18)12-14-8-6-5-7-13(14)11-16(19)20/h5-8,15,18H,3-4,9-12H2,1-2H3,(H,19,20). The van der Waals surface area contributed by atoms with Gasteiger partial charge in [0.2, 0.25) is 0 Å². The molecule has 4 nitrogen and oxygen atoms in total. The summed E-state index contributed by atoms with van der Waals surface area (Å²) in [5, 5.41) is 18.2. The molecule has 0 unspecified atom stereocenters. The Morgan fingerprint density at radius 2 is 1.80 bits per heavy atom. The summed E-state index contributed by atoms with van der Waals surface area (Å²) >= 11 is 0. The number of aliphatic hydroxyl groups is 1. The first kappa shape index (κ1) is 16.7. The fraction of sp³-hybridized carbons (Fsp3) is 0.562. The Kier molecular flexibility index (Phi) is 7.26. The number of rotatable bonds is 9. The van der Waals surface area contributed by atoms with E-state index in [2.05, 4.69) is 18.7 Å². The second kappa shape index (κ2) is 8.72. The van der Waals surface area contributed by atoms with Crippen LogP contribution in [-0.4, -0.2) is 40.3 Å². The highest BCUT2D eigenvalue weighted by atomic mass is 16.4. The van der Waals surface area contributed by atoms with Gasteiger partial charge in [-0.2, -0.15) is 0 Å². The highest BCUT2D eigenvalue weighted by Gasteiger charge is 2.16. The maximum absolute atomic E-state index is 10.9. The lowest BCUT2D eigenvalue weighted by Gasteiger charge is -2.30. The molecule has 0 saturated carbocycles. The largest absolute Gasteiger partial charge is 0.481 e. The van der Waals surface area contributed by atoms with Crippen LogP contribution in [0.15, 0.2) is 24.3 Å². The summed E-state index contributed by atoms with van der Waals surface area (Å²) in [6.45, 7) is 5.71. The van der Waals surface area contributed by atoms with E-state index in [-0.39, 0.29) is 13.0 Å². The van der Waals surface area contributed by atoms with Crippen molar-refractivity contribution in [2.45, 2.75) is 45.7 Å². The van der Waals surface area contributed by atoms with Crippen molar-refractivity contribution in [3.8, 4) is 0 Å². The smallest absolute Gasteiger partial charge is 0.307 e. The van der Waals surface area contributed by atoms with Crippen LogP contribution in [0.25, 0.3) is 0 Å². The van der Waals surface area contributed by atoms with Gasteiger partial charge in [-0.1, -0.05) is 38.1 Å². The van der Waals surface area contributed by atoms with Gasteiger partial charge in [-0.05, 0) is 24.0 Å². The third-order valence-electron chi connectivity index (χ3n) is 3.68. The summed E-state index contributed by atoms with van der Waals surface area (Å²) in [5.41, 5.74) is 1.89. The number of nitrogens with zero attached hydrogens (tertiary/aromatic N) is 1. The second-order valence-electron chi connectivity index (χ2n) is 5.00. The minimum Gasteiger partial charge on any atom is -0.481 e. The summed E-state index contributed by atoms with van der Waals surface area (Å²) in [7, 11) is 0. The van der Waals surface area contributed by atoms with Gasteiger partial charge in [-0.3, -0.25) is 9.69 Å². The minimum atomic E-state index is -0.811. The Balaban J connectivity index is 2.89. The molecule has 0 heterocycles. The molecule has 0 spiro atoms. The van der Waals surface area contributed by atoms with Crippen LogP contribution in [0.4, 0.5) is 0 Å². The highest BCUT2D eigenvalue weighted by Crippen LogP contribution is 2.17. The van der Waals surface area contributed by atoms with E-state index < -0.39 is 5.97 Å². The van der Waals surface area contributed by atoms with Crippen LogP contribution >= 0.6 is 0 Å². The lowest BCUT2D eigenvalue weighted by atomic mass is 10.0. The first-order valence-electron chi connectivity index (χ1n) is 7.25. The molecule has 0 fully saturated rings. The Morgan fingerprint density at radius 1 is 1.20 bits per heavy atom. The zero-order valence-corrected chi connectivity index (χ0v) is 12.4. The molecule has 0 saturated heterocycles. The molecule has 0 bridgehead atoms. The van der Waals surface area contributed by atoms with Gasteiger partial charge >= 0.3 is 5.97 Å². The van der Waals surface area contributed by atoms with E-state index in [9.17, 15) is 9.90 Å². The van der Waals surface area contributed by atoms with Crippen molar-refractivity contribution in [2.75, 3.05) is 13.2 Å². The minimum absolute atomic E-state index is 0.0477. The van der Waals surface area contributed by atoms with Crippen molar-refractivity contribution in [1.29, 1.82) is 0 Å². The number of aliphatic hydroxyl groups excluding tert-OH is 1. The zero-order chi connectivity index (χ0) is 15.0. The normalized spacial score (nSPS) is 11.2. The third-order valence-corrected chi connectivity index (χ3v) is 3.68. The van der Waals surface area contributed by atoms with Gasteiger partial charge in [0.1, 0.15) is 0 Å². The first-order chi connectivity index (χ1) is 9.62. The topological polar surface area (TPSA) is 60.8 Å². The molecule has 0 radical (unpaired) electrons. The lowest BCUT2D eigenvalue weighted by molar-refractivity contribution is -0.136. The average Bonchev–Trinajstić information content (AvgIpc) is 2.42. The number of carboxylic acids is 1. The van der Waals surface area contributed by atoms with Crippen molar-refractivity contribution >= 4 is 5.97 Å². The number of hydrogen-bond donors (Lipinski definition) is 2. The second-order valence-corrected chi connectivity index (χ2v) is 5.00. The van der Waals surface area contributed by atoms with Gasteiger partial charge < -0.3 is 10.2 Å². The summed E-state index contributed by atoms with van der Waals surface area (Å²) in [4.78, 5) is 13.2. The number of carbonyl (C=O) groups is 1. The van der Waals surface area contributed by atoms with Gasteiger partial charge in [0.05, 0.1) is 13.0 Å². The number of aliphatic carboxylic acids is 1. The number of benzene rings is 1. The molecule has 0 atom stereocenters. The maximum atomic E-state index is 10.9. The molecule has 0 aromatic heterocycles. The monoisotopic (exact) mass is 279 g/mol. The third kappa shape index (κ3) is 4.94. The van der Waals surface area contributed by atoms with Gasteiger partial charge in [0, 0.05) is 19.1 Å². The Morgan fingerprint density at radius 3 is 2.30 bits per heavy atom. The van der Waals surface area contributed by atoms with E-state index in [4.69, 9.17) is 5.11 Å². The fourth-order valence-corrected chi connectivity index (χ4v) is 2.59. The summed E-state index contributed by atoms with van der Waals surface area (Å²) < 4.78 is 0. The van der Waals surface area contributed by atoms with Crippen molar-refractivity contribution in [1.82, 2.24) is 4.90 Å². The molecule has 0 aliphatic carbocycles. The van der Waals surface area contributed by atoms with Gasteiger partial charge in [-0.15, -0.1) is 0 Å². The fourth-order valence-electron chi connectivity index (χ4n) is 2.59. The summed E-state index contributed by atoms with van der Waals surface area (Å²) in [6, 6.07) is 8.07. The Hall–Kier alpha value is -1.39. The van der Waals surface area contributed by atoms with Gasteiger partial charge in [-0.25, -0.2) is 0 Å². The van der Waals surface area contributed by atoms with E-state index in [1.54, 1.807) is 0 Å². The first-order valence-corrected chi connectivity index (χ1v) is 7.25. The van der Waals surface area contributed by atoms with Crippen LogP contribution in [-0.2, 0) is 17.8 Å². The molecule has 4 heteroatoms. The molecule has 1 aromatic rings. The van der Waals surface area contributed by atoms with Gasteiger partial charge in [0.15, 0.2) is 0 Å². The van der Waals surface area contributed by atoms with Crippen molar-refractivity contribution in [3.63, 3.8) is 0 Å². The van der Waals surface area contributed by atoms with Crippen molar-refractivity contribution in [2.24, 2.45) is 0 Å². The number of carboxylic acid groups (broad SMARTS) is 1. The van der Waals surface area contributed by atoms with E-state index in [1.807, 2.05) is 24.3 Å². The van der Waals surface area contributed by atoms with E-state index in [1.165, 1.54) is 0 Å². The lowest BCUT2D eigenvalue weighted by Crippen LogP contribution is -2.36. The Labute approximate surface area is 121 Å². The van der Waals surface area contributed by atoms with Crippen LogP contribution < -0.4 is 0 Å². The molecule has 1 aromatic carbocycles. The molecule has 0 aliphatic heterocycles. The van der Waals surface area contributed by atoms with E-state index in [0.717, 1.165) is 24.0 Å². The van der Waals surface area contributed by atoms with Crippen molar-refractivity contribution in [3.05, 3.63) is 35.4 Å². The predicted octanol–water partition coefficient (Wildman–Crippen LogP) is 2.30.